The zero-order valence-electron chi connectivity index (χ0n) is 22.4. The van der Waals surface area contributed by atoms with E-state index in [1.165, 1.54) is 22.7 Å². The number of aliphatic hydroxyl groups excluding tert-OH is 2. The van der Waals surface area contributed by atoms with E-state index in [4.69, 9.17) is 9.47 Å². The van der Waals surface area contributed by atoms with Gasteiger partial charge < -0.3 is 29.9 Å². The molecule has 2 atom stereocenters. The predicted molar refractivity (Wildman–Crippen MR) is 157 cm³/mol. The molecule has 14 heteroatoms. The molecule has 2 fully saturated rings. The first-order valence-electron chi connectivity index (χ1n) is 13.3. The summed E-state index contributed by atoms with van der Waals surface area (Å²) in [5, 5.41) is 42.8. The molecule has 0 aromatic carbocycles. The number of hydrogen-bond acceptors (Lipinski definition) is 12. The van der Waals surface area contributed by atoms with E-state index in [-0.39, 0.29) is 23.8 Å². The van der Waals surface area contributed by atoms with Crippen LogP contribution in [0.15, 0.2) is 20.0 Å². The van der Waals surface area contributed by atoms with E-state index in [1.807, 2.05) is 0 Å². The molecular formula is C26H36Br2N2O8S2. The summed E-state index contributed by atoms with van der Waals surface area (Å²) in [4.78, 5) is 31.5. The molecule has 2 heterocycles. The van der Waals surface area contributed by atoms with Crippen molar-refractivity contribution >= 4 is 66.5 Å². The van der Waals surface area contributed by atoms with Gasteiger partial charge in [-0.1, -0.05) is 0 Å². The van der Waals surface area contributed by atoms with E-state index < -0.39 is 23.4 Å². The third-order valence-corrected chi connectivity index (χ3v) is 10.5. The molecule has 40 heavy (non-hydrogen) atoms. The Hall–Kier alpha value is -1.00. The topological polar surface area (TPSA) is 159 Å². The van der Waals surface area contributed by atoms with Crippen LogP contribution in [0.1, 0.15) is 87.4 Å². The van der Waals surface area contributed by atoms with Crippen molar-refractivity contribution in [2.45, 2.75) is 88.6 Å². The Bertz CT molecular complexity index is 1030. The summed E-state index contributed by atoms with van der Waals surface area (Å²) >= 11 is 9.19. The zero-order chi connectivity index (χ0) is 29.5. The first-order chi connectivity index (χ1) is 18.9. The van der Waals surface area contributed by atoms with Crippen LogP contribution in [0.25, 0.3) is 0 Å². The molecule has 2 saturated carbocycles. The van der Waals surface area contributed by atoms with Gasteiger partial charge in [0.15, 0.2) is 0 Å². The highest BCUT2D eigenvalue weighted by atomic mass is 79.9. The van der Waals surface area contributed by atoms with Crippen LogP contribution in [0.2, 0.25) is 0 Å². The summed E-state index contributed by atoms with van der Waals surface area (Å²) in [7, 11) is 0. The average molecular weight is 729 g/mol. The smallest absolute Gasteiger partial charge is 0.308 e. The lowest BCUT2D eigenvalue weighted by atomic mass is 9.76. The van der Waals surface area contributed by atoms with Gasteiger partial charge in [0.05, 0.1) is 56.2 Å². The average Bonchev–Trinajstić information content (AvgIpc) is 3.57. The summed E-state index contributed by atoms with van der Waals surface area (Å²) in [5.41, 5.74) is -2.42. The molecule has 224 valence electrons. The minimum absolute atomic E-state index is 0.176. The highest BCUT2D eigenvalue weighted by molar-refractivity contribution is 9.11. The minimum Gasteiger partial charge on any atom is -0.466 e. The lowest BCUT2D eigenvalue weighted by Crippen LogP contribution is -2.41. The maximum absolute atomic E-state index is 11.7. The van der Waals surface area contributed by atoms with E-state index in [2.05, 4.69) is 41.8 Å². The Morgan fingerprint density at radius 3 is 1.40 bits per heavy atom. The van der Waals surface area contributed by atoms with Crippen molar-refractivity contribution in [2.24, 2.45) is 11.8 Å². The fraction of sp³-hybridized carbons (Fsp3) is 0.692. The number of hydrogen-bond donors (Lipinski definition) is 4. The van der Waals surface area contributed by atoms with Crippen LogP contribution in [-0.2, 0) is 19.1 Å². The molecule has 0 aliphatic heterocycles. The second-order valence-electron chi connectivity index (χ2n) is 10.1. The Morgan fingerprint density at radius 1 is 0.825 bits per heavy atom. The largest absolute Gasteiger partial charge is 0.466 e. The molecule has 10 nitrogen and oxygen atoms in total. The van der Waals surface area contributed by atoms with Crippen LogP contribution in [0.4, 0.5) is 0 Å². The van der Waals surface area contributed by atoms with E-state index in [0.717, 1.165) is 7.57 Å². The van der Waals surface area contributed by atoms with Gasteiger partial charge in [-0.2, -0.15) is 0 Å². The van der Waals surface area contributed by atoms with E-state index in [0.29, 0.717) is 74.6 Å². The van der Waals surface area contributed by atoms with E-state index in [9.17, 15) is 30.0 Å². The van der Waals surface area contributed by atoms with Crippen LogP contribution in [-0.4, -0.2) is 66.7 Å². The van der Waals surface area contributed by atoms with Crippen molar-refractivity contribution in [3.8, 4) is 0 Å². The first-order valence-corrected chi connectivity index (χ1v) is 16.5. The number of aromatic nitrogens is 2. The molecule has 2 unspecified atom stereocenters. The number of carbonyl (C=O) groups excluding carboxylic acids is 2. The summed E-state index contributed by atoms with van der Waals surface area (Å²) in [5.74, 6) is -0.766. The number of ether oxygens (including phenoxy) is 2. The van der Waals surface area contributed by atoms with Crippen molar-refractivity contribution in [3.05, 3.63) is 30.0 Å². The van der Waals surface area contributed by atoms with Crippen molar-refractivity contribution in [3.63, 3.8) is 0 Å². The Morgan fingerprint density at radius 2 is 1.15 bits per heavy atom. The van der Waals surface area contributed by atoms with Gasteiger partial charge in [0.2, 0.25) is 0 Å². The Kier molecular flexibility index (Phi) is 12.5. The molecule has 0 bridgehead atoms. The summed E-state index contributed by atoms with van der Waals surface area (Å²) in [6.07, 6.45) is 4.78. The SMILES string of the molecule is CCOC(=O)C1CCC(O)(C(O)c2ncc(Br)s2)CC1.CCOC(=O)C1CCC(O)(C(O)c2ncc(Br)s2)CC1. The van der Waals surface area contributed by atoms with Gasteiger partial charge in [-0.25, -0.2) is 9.97 Å². The number of thiazole rings is 2. The lowest BCUT2D eigenvalue weighted by molar-refractivity contribution is -0.155. The van der Waals surface area contributed by atoms with Crippen LogP contribution in [0, 0.1) is 11.8 Å². The van der Waals surface area contributed by atoms with Crippen molar-refractivity contribution in [2.75, 3.05) is 13.2 Å². The van der Waals surface area contributed by atoms with Gasteiger partial charge in [-0.05, 0) is 97.1 Å². The normalized spacial score (nSPS) is 28.1. The second kappa shape index (κ2) is 14.9. The number of carbonyl (C=O) groups is 2. The lowest BCUT2D eigenvalue weighted by Gasteiger charge is -2.37. The van der Waals surface area contributed by atoms with Crippen molar-refractivity contribution in [1.82, 2.24) is 9.97 Å². The molecule has 2 aromatic heterocycles. The van der Waals surface area contributed by atoms with Crippen LogP contribution in [0.3, 0.4) is 0 Å². The van der Waals surface area contributed by atoms with E-state index in [1.54, 1.807) is 26.2 Å². The number of nitrogens with zero attached hydrogens (tertiary/aromatic N) is 2. The van der Waals surface area contributed by atoms with E-state index >= 15 is 0 Å². The maximum Gasteiger partial charge on any atom is 0.308 e. The standard InChI is InChI=1S/2C13H18BrNO4S/c2*1-2-19-12(17)8-3-5-13(18,6-4-8)10(16)11-15-7-9(14)20-11/h2*7-8,10,16,18H,2-6H2,1H3. The minimum atomic E-state index is -1.21. The van der Waals surface area contributed by atoms with Crippen molar-refractivity contribution in [1.29, 1.82) is 0 Å². The monoisotopic (exact) mass is 726 g/mol. The fourth-order valence-corrected chi connectivity index (χ4v) is 7.70. The molecule has 4 N–H and O–H groups in total. The summed E-state index contributed by atoms with van der Waals surface area (Å²) in [6, 6.07) is 0. The van der Waals surface area contributed by atoms with Crippen LogP contribution in [0.5, 0.6) is 0 Å². The number of esters is 2. The van der Waals surface area contributed by atoms with Crippen molar-refractivity contribution < 1.29 is 39.5 Å². The number of rotatable bonds is 8. The molecule has 0 saturated heterocycles. The molecular weight excluding hydrogens is 692 g/mol. The highest BCUT2D eigenvalue weighted by Crippen LogP contribution is 2.43. The molecule has 2 aromatic rings. The first kappa shape index (κ1) is 33.5. The predicted octanol–water partition coefficient (Wildman–Crippen LogP) is 4.85. The fourth-order valence-electron chi connectivity index (χ4n) is 5.02. The highest BCUT2D eigenvalue weighted by Gasteiger charge is 2.44. The van der Waals surface area contributed by atoms with Gasteiger partial charge in [0.1, 0.15) is 22.2 Å². The summed E-state index contributed by atoms with van der Waals surface area (Å²) in [6.45, 7) is 4.30. The van der Waals surface area contributed by atoms with Crippen LogP contribution < -0.4 is 0 Å². The molecule has 2 aliphatic rings. The molecule has 4 rings (SSSR count). The third-order valence-electron chi connectivity index (χ3n) is 7.42. The number of aliphatic hydroxyl groups is 4. The molecule has 0 amide bonds. The zero-order valence-corrected chi connectivity index (χ0v) is 27.2. The van der Waals surface area contributed by atoms with Gasteiger partial charge in [0, 0.05) is 0 Å². The Labute approximate surface area is 258 Å². The summed E-state index contributed by atoms with van der Waals surface area (Å²) < 4.78 is 11.6. The van der Waals surface area contributed by atoms with Crippen LogP contribution >= 0.6 is 54.5 Å². The Balaban J connectivity index is 0.000000220. The van der Waals surface area contributed by atoms with Gasteiger partial charge in [-0.15, -0.1) is 22.7 Å². The third kappa shape index (κ3) is 8.52. The second-order valence-corrected chi connectivity index (χ2v) is 15.0. The van der Waals surface area contributed by atoms with Gasteiger partial charge >= 0.3 is 11.9 Å². The molecule has 2 aliphatic carbocycles. The number of halogens is 2. The van der Waals surface area contributed by atoms with Gasteiger partial charge in [-0.3, -0.25) is 9.59 Å². The quantitative estimate of drug-likeness (QED) is 0.277. The maximum atomic E-state index is 11.7. The molecule has 0 spiro atoms. The van der Waals surface area contributed by atoms with Gasteiger partial charge in [0.25, 0.3) is 0 Å². The molecule has 0 radical (unpaired) electrons.